The van der Waals surface area contributed by atoms with E-state index in [1.165, 1.54) is 19.3 Å². The molecular formula is C14H23N3O. The third kappa shape index (κ3) is 4.79. The zero-order valence-corrected chi connectivity index (χ0v) is 11.3. The molecule has 1 aliphatic rings. The number of hydrogen-bond acceptors (Lipinski definition) is 3. The zero-order valence-electron chi connectivity index (χ0n) is 11.3. The van der Waals surface area contributed by atoms with E-state index in [4.69, 9.17) is 5.26 Å². The molecule has 0 aromatic heterocycles. The Bertz CT molecular complexity index is 337. The van der Waals surface area contributed by atoms with E-state index in [9.17, 15) is 4.79 Å². The topological polar surface area (TPSA) is 64.9 Å². The first-order valence-corrected chi connectivity index (χ1v) is 6.84. The van der Waals surface area contributed by atoms with Crippen molar-refractivity contribution in [3.8, 4) is 6.07 Å². The average molecular weight is 249 g/mol. The summed E-state index contributed by atoms with van der Waals surface area (Å²) in [7, 11) is 0. The SMILES string of the molecule is CCC(C)NC(=O)/C(C#N)=C\NC1CCCCC1. The number of amides is 1. The van der Waals surface area contributed by atoms with E-state index >= 15 is 0 Å². The van der Waals surface area contributed by atoms with Crippen molar-refractivity contribution < 1.29 is 4.79 Å². The lowest BCUT2D eigenvalue weighted by atomic mass is 9.96. The molecule has 1 fully saturated rings. The van der Waals surface area contributed by atoms with Crippen LogP contribution in [0.4, 0.5) is 0 Å². The summed E-state index contributed by atoms with van der Waals surface area (Å²) in [5.41, 5.74) is 0.167. The first kappa shape index (κ1) is 14.6. The van der Waals surface area contributed by atoms with Crippen molar-refractivity contribution in [2.75, 3.05) is 0 Å². The fourth-order valence-corrected chi connectivity index (χ4v) is 2.02. The monoisotopic (exact) mass is 249 g/mol. The van der Waals surface area contributed by atoms with Gasteiger partial charge in [0.05, 0.1) is 0 Å². The first-order valence-electron chi connectivity index (χ1n) is 6.84. The molecule has 1 rings (SSSR count). The Labute approximate surface area is 109 Å². The second-order valence-corrected chi connectivity index (χ2v) is 4.95. The molecule has 1 saturated carbocycles. The molecule has 0 aromatic rings. The number of nitriles is 1. The van der Waals surface area contributed by atoms with E-state index in [1.54, 1.807) is 6.20 Å². The van der Waals surface area contributed by atoms with Gasteiger partial charge in [-0.05, 0) is 26.2 Å². The molecule has 1 unspecified atom stereocenters. The molecule has 0 radical (unpaired) electrons. The lowest BCUT2D eigenvalue weighted by Crippen LogP contribution is -2.34. The van der Waals surface area contributed by atoms with Crippen LogP contribution in [0.25, 0.3) is 0 Å². The maximum Gasteiger partial charge on any atom is 0.263 e. The molecule has 4 heteroatoms. The average Bonchev–Trinajstić information content (AvgIpc) is 2.40. The highest BCUT2D eigenvalue weighted by atomic mass is 16.1. The van der Waals surface area contributed by atoms with Crippen molar-refractivity contribution >= 4 is 5.91 Å². The summed E-state index contributed by atoms with van der Waals surface area (Å²) in [6, 6.07) is 2.47. The van der Waals surface area contributed by atoms with Gasteiger partial charge in [0.25, 0.3) is 5.91 Å². The minimum atomic E-state index is -0.282. The van der Waals surface area contributed by atoms with Crippen LogP contribution < -0.4 is 10.6 Å². The van der Waals surface area contributed by atoms with Crippen LogP contribution in [0.5, 0.6) is 0 Å². The third-order valence-electron chi connectivity index (χ3n) is 3.42. The Morgan fingerprint density at radius 3 is 2.67 bits per heavy atom. The molecule has 2 N–H and O–H groups in total. The number of rotatable bonds is 5. The Hall–Kier alpha value is -1.50. The van der Waals surface area contributed by atoms with Gasteiger partial charge in [-0.3, -0.25) is 4.79 Å². The summed E-state index contributed by atoms with van der Waals surface area (Å²) >= 11 is 0. The van der Waals surface area contributed by atoms with Gasteiger partial charge in [0.15, 0.2) is 0 Å². The molecule has 0 spiro atoms. The Morgan fingerprint density at radius 2 is 2.11 bits per heavy atom. The second kappa shape index (κ2) is 7.75. The minimum absolute atomic E-state index is 0.101. The molecule has 0 saturated heterocycles. The Kier molecular flexibility index (Phi) is 6.27. The summed E-state index contributed by atoms with van der Waals surface area (Å²) < 4.78 is 0. The van der Waals surface area contributed by atoms with Gasteiger partial charge >= 0.3 is 0 Å². The molecule has 4 nitrogen and oxygen atoms in total. The molecule has 0 aliphatic heterocycles. The van der Waals surface area contributed by atoms with Gasteiger partial charge in [0, 0.05) is 18.3 Å². The lowest BCUT2D eigenvalue weighted by molar-refractivity contribution is -0.117. The number of nitrogens with one attached hydrogen (secondary N) is 2. The van der Waals surface area contributed by atoms with Crippen molar-refractivity contribution in [1.82, 2.24) is 10.6 Å². The van der Waals surface area contributed by atoms with Crippen molar-refractivity contribution in [3.63, 3.8) is 0 Å². The third-order valence-corrected chi connectivity index (χ3v) is 3.42. The highest BCUT2D eigenvalue weighted by Gasteiger charge is 2.14. The van der Waals surface area contributed by atoms with Gasteiger partial charge in [-0.1, -0.05) is 26.2 Å². The van der Waals surface area contributed by atoms with Gasteiger partial charge in [-0.2, -0.15) is 5.26 Å². The van der Waals surface area contributed by atoms with E-state index in [1.807, 2.05) is 19.9 Å². The van der Waals surface area contributed by atoms with Gasteiger partial charge in [0.1, 0.15) is 11.6 Å². The Balaban J connectivity index is 2.48. The number of hydrogen-bond donors (Lipinski definition) is 2. The van der Waals surface area contributed by atoms with Crippen molar-refractivity contribution in [1.29, 1.82) is 5.26 Å². The van der Waals surface area contributed by atoms with Crippen molar-refractivity contribution in [3.05, 3.63) is 11.8 Å². The van der Waals surface area contributed by atoms with Gasteiger partial charge < -0.3 is 10.6 Å². The summed E-state index contributed by atoms with van der Waals surface area (Å²) in [5, 5.41) is 15.0. The maximum absolute atomic E-state index is 11.8. The van der Waals surface area contributed by atoms with Crippen molar-refractivity contribution in [2.24, 2.45) is 0 Å². The molecule has 0 heterocycles. The largest absolute Gasteiger partial charge is 0.387 e. The predicted octanol–water partition coefficient (Wildman–Crippen LogP) is 2.23. The van der Waals surface area contributed by atoms with E-state index in [-0.39, 0.29) is 17.5 Å². The molecule has 1 aliphatic carbocycles. The van der Waals surface area contributed by atoms with Gasteiger partial charge in [-0.25, -0.2) is 0 Å². The van der Waals surface area contributed by atoms with E-state index in [0.717, 1.165) is 19.3 Å². The Morgan fingerprint density at radius 1 is 1.44 bits per heavy atom. The predicted molar refractivity (Wildman–Crippen MR) is 71.6 cm³/mol. The van der Waals surface area contributed by atoms with Crippen LogP contribution in [0.1, 0.15) is 52.4 Å². The molecular weight excluding hydrogens is 226 g/mol. The van der Waals surface area contributed by atoms with Crippen LogP contribution >= 0.6 is 0 Å². The van der Waals surface area contributed by atoms with E-state index in [0.29, 0.717) is 6.04 Å². The highest BCUT2D eigenvalue weighted by molar-refractivity contribution is 5.97. The molecule has 1 atom stereocenters. The maximum atomic E-state index is 11.8. The quantitative estimate of drug-likeness (QED) is 0.580. The van der Waals surface area contributed by atoms with Crippen LogP contribution in [-0.4, -0.2) is 18.0 Å². The van der Waals surface area contributed by atoms with Crippen LogP contribution in [0.15, 0.2) is 11.8 Å². The fraction of sp³-hybridized carbons (Fsp3) is 0.714. The van der Waals surface area contributed by atoms with Gasteiger partial charge in [-0.15, -0.1) is 0 Å². The molecule has 100 valence electrons. The van der Waals surface area contributed by atoms with Crippen molar-refractivity contribution in [2.45, 2.75) is 64.5 Å². The first-order chi connectivity index (χ1) is 8.67. The van der Waals surface area contributed by atoms with Crippen LogP contribution in [0.3, 0.4) is 0 Å². The minimum Gasteiger partial charge on any atom is -0.387 e. The van der Waals surface area contributed by atoms with E-state index < -0.39 is 0 Å². The zero-order chi connectivity index (χ0) is 13.4. The number of carbonyl (C=O) groups excluding carboxylic acids is 1. The van der Waals surface area contributed by atoms with Crippen LogP contribution in [0, 0.1) is 11.3 Å². The summed E-state index contributed by atoms with van der Waals surface area (Å²) in [6.07, 6.45) is 8.44. The molecule has 0 bridgehead atoms. The fourth-order valence-electron chi connectivity index (χ4n) is 2.02. The summed E-state index contributed by atoms with van der Waals surface area (Å²) in [4.78, 5) is 11.8. The normalized spacial score (nSPS) is 18.8. The lowest BCUT2D eigenvalue weighted by Gasteiger charge is -2.22. The summed E-state index contributed by atoms with van der Waals surface area (Å²) in [6.45, 7) is 3.93. The molecule has 1 amide bonds. The van der Waals surface area contributed by atoms with Crippen LogP contribution in [-0.2, 0) is 4.79 Å². The van der Waals surface area contributed by atoms with Crippen LogP contribution in [0.2, 0.25) is 0 Å². The molecule has 18 heavy (non-hydrogen) atoms. The number of nitrogens with zero attached hydrogens (tertiary/aromatic N) is 1. The van der Waals surface area contributed by atoms with Gasteiger partial charge in [0.2, 0.25) is 0 Å². The standard InChI is InChI=1S/C14H23N3O/c1-3-11(2)17-14(18)12(9-15)10-16-13-7-5-4-6-8-13/h10-11,13,16H,3-8H2,1-2H3,(H,17,18)/b12-10-. The smallest absolute Gasteiger partial charge is 0.263 e. The van der Waals surface area contributed by atoms with E-state index in [2.05, 4.69) is 10.6 Å². The second-order valence-electron chi connectivity index (χ2n) is 4.95. The summed E-state index contributed by atoms with van der Waals surface area (Å²) in [5.74, 6) is -0.282. The molecule has 0 aromatic carbocycles. The highest BCUT2D eigenvalue weighted by Crippen LogP contribution is 2.17. The number of carbonyl (C=O) groups is 1.